The van der Waals surface area contributed by atoms with Gasteiger partial charge in [0.2, 0.25) is 0 Å². The molecule has 0 rings (SSSR count). The van der Waals surface area contributed by atoms with Gasteiger partial charge in [-0.15, -0.1) is 0 Å². The Balaban J connectivity index is 3.19. The molecule has 4 heteroatoms. The van der Waals surface area contributed by atoms with Gasteiger partial charge in [0.05, 0.1) is 12.7 Å². The molecule has 0 saturated heterocycles. The Labute approximate surface area is 83.9 Å². The van der Waals surface area contributed by atoms with E-state index in [0.717, 1.165) is 24.6 Å². The fourth-order valence-corrected chi connectivity index (χ4v) is 1.25. The summed E-state index contributed by atoms with van der Waals surface area (Å²) in [5.41, 5.74) is 0. The van der Waals surface area contributed by atoms with Crippen LogP contribution in [-0.4, -0.2) is 35.3 Å². The van der Waals surface area contributed by atoms with E-state index in [2.05, 4.69) is 6.92 Å². The van der Waals surface area contributed by atoms with Gasteiger partial charge in [0, 0.05) is 19.3 Å². The predicted octanol–water partition coefficient (Wildman–Crippen LogP) is 1.44. The summed E-state index contributed by atoms with van der Waals surface area (Å²) >= 11 is 1.13. The second kappa shape index (κ2) is 8.53. The SMILES string of the molecule is CCCCOCC(O)CSC(C)=O. The summed E-state index contributed by atoms with van der Waals surface area (Å²) in [6.07, 6.45) is 1.59. The van der Waals surface area contributed by atoms with Gasteiger partial charge in [-0.05, 0) is 6.42 Å². The highest BCUT2D eigenvalue weighted by Gasteiger charge is 2.05. The summed E-state index contributed by atoms with van der Waals surface area (Å²) in [6.45, 7) is 4.61. The van der Waals surface area contributed by atoms with Crippen LogP contribution in [0, 0.1) is 0 Å². The number of hydrogen-bond acceptors (Lipinski definition) is 4. The third-order valence-electron chi connectivity index (χ3n) is 1.43. The molecule has 13 heavy (non-hydrogen) atoms. The second-order valence-corrected chi connectivity index (χ2v) is 4.08. The van der Waals surface area contributed by atoms with Gasteiger partial charge in [-0.1, -0.05) is 25.1 Å². The van der Waals surface area contributed by atoms with Gasteiger partial charge in [-0.25, -0.2) is 0 Å². The molecule has 0 aliphatic carbocycles. The van der Waals surface area contributed by atoms with Crippen LogP contribution in [0.3, 0.4) is 0 Å². The summed E-state index contributed by atoms with van der Waals surface area (Å²) in [7, 11) is 0. The topological polar surface area (TPSA) is 46.5 Å². The Hall–Kier alpha value is -0.0600. The van der Waals surface area contributed by atoms with E-state index >= 15 is 0 Å². The maximum absolute atomic E-state index is 10.5. The highest BCUT2D eigenvalue weighted by Crippen LogP contribution is 2.04. The van der Waals surface area contributed by atoms with Crippen LogP contribution in [0.25, 0.3) is 0 Å². The molecule has 0 amide bonds. The Morgan fingerprint density at radius 2 is 2.31 bits per heavy atom. The summed E-state index contributed by atoms with van der Waals surface area (Å²) in [4.78, 5) is 10.5. The van der Waals surface area contributed by atoms with Crippen LogP contribution in [0.4, 0.5) is 0 Å². The van der Waals surface area contributed by atoms with Crippen LogP contribution >= 0.6 is 11.8 Å². The first-order valence-electron chi connectivity index (χ1n) is 4.56. The molecule has 1 N–H and O–H groups in total. The number of rotatable bonds is 7. The average Bonchev–Trinajstić information content (AvgIpc) is 2.09. The first-order valence-corrected chi connectivity index (χ1v) is 5.54. The maximum atomic E-state index is 10.5. The fourth-order valence-electron chi connectivity index (χ4n) is 0.727. The van der Waals surface area contributed by atoms with Crippen LogP contribution < -0.4 is 0 Å². The van der Waals surface area contributed by atoms with Gasteiger partial charge in [-0.2, -0.15) is 0 Å². The molecule has 1 unspecified atom stereocenters. The molecule has 0 fully saturated rings. The predicted molar refractivity (Wildman–Crippen MR) is 54.9 cm³/mol. The van der Waals surface area contributed by atoms with Crippen molar-refractivity contribution in [2.75, 3.05) is 19.0 Å². The molecule has 0 bridgehead atoms. The molecule has 78 valence electrons. The van der Waals surface area contributed by atoms with E-state index in [1.807, 2.05) is 0 Å². The Bertz CT molecular complexity index is 139. The van der Waals surface area contributed by atoms with E-state index in [9.17, 15) is 9.90 Å². The molecular formula is C9H18O3S. The molecule has 0 aliphatic rings. The maximum Gasteiger partial charge on any atom is 0.185 e. The monoisotopic (exact) mass is 206 g/mol. The lowest BCUT2D eigenvalue weighted by Gasteiger charge is -2.09. The van der Waals surface area contributed by atoms with E-state index in [4.69, 9.17) is 4.74 Å². The number of aliphatic hydroxyl groups excluding tert-OH is 1. The van der Waals surface area contributed by atoms with Crippen molar-refractivity contribution >= 4 is 16.9 Å². The smallest absolute Gasteiger partial charge is 0.185 e. The van der Waals surface area contributed by atoms with Gasteiger partial charge in [-0.3, -0.25) is 4.79 Å². The van der Waals surface area contributed by atoms with E-state index in [1.165, 1.54) is 6.92 Å². The van der Waals surface area contributed by atoms with Gasteiger partial charge in [0.15, 0.2) is 5.12 Å². The molecule has 0 heterocycles. The molecule has 0 saturated carbocycles. The van der Waals surface area contributed by atoms with Crippen molar-refractivity contribution in [3.05, 3.63) is 0 Å². The van der Waals surface area contributed by atoms with Crippen molar-refractivity contribution in [3.8, 4) is 0 Å². The number of unbranched alkanes of at least 4 members (excludes halogenated alkanes) is 1. The molecule has 1 atom stereocenters. The lowest BCUT2D eigenvalue weighted by Crippen LogP contribution is -2.19. The molecule has 0 aromatic carbocycles. The number of carbonyl (C=O) groups is 1. The minimum Gasteiger partial charge on any atom is -0.390 e. The zero-order chi connectivity index (χ0) is 10.1. The third kappa shape index (κ3) is 9.86. The van der Waals surface area contributed by atoms with Gasteiger partial charge >= 0.3 is 0 Å². The summed E-state index contributed by atoms with van der Waals surface area (Å²) in [5.74, 6) is 0.432. The highest BCUT2D eigenvalue weighted by molar-refractivity contribution is 8.13. The van der Waals surface area contributed by atoms with Crippen molar-refractivity contribution < 1.29 is 14.6 Å². The standard InChI is InChI=1S/C9H18O3S/c1-3-4-5-12-6-9(11)7-13-8(2)10/h9,11H,3-7H2,1-2H3. The van der Waals surface area contributed by atoms with Gasteiger partial charge < -0.3 is 9.84 Å². The van der Waals surface area contributed by atoms with E-state index in [1.54, 1.807) is 0 Å². The zero-order valence-corrected chi connectivity index (χ0v) is 9.10. The highest BCUT2D eigenvalue weighted by atomic mass is 32.2. The summed E-state index contributed by atoms with van der Waals surface area (Å²) in [6, 6.07) is 0. The second-order valence-electron chi connectivity index (χ2n) is 2.88. The van der Waals surface area contributed by atoms with Gasteiger partial charge in [0.25, 0.3) is 0 Å². The Morgan fingerprint density at radius 3 is 2.85 bits per heavy atom. The normalized spacial score (nSPS) is 12.8. The summed E-state index contributed by atoms with van der Waals surface area (Å²) < 4.78 is 5.19. The lowest BCUT2D eigenvalue weighted by atomic mass is 10.3. The number of ether oxygens (including phenoxy) is 1. The molecular weight excluding hydrogens is 188 g/mol. The molecule has 0 aromatic heterocycles. The Morgan fingerprint density at radius 1 is 1.62 bits per heavy atom. The van der Waals surface area contributed by atoms with Crippen molar-refractivity contribution in [2.24, 2.45) is 0 Å². The van der Waals surface area contributed by atoms with Gasteiger partial charge in [0.1, 0.15) is 0 Å². The molecule has 0 spiro atoms. The van der Waals surface area contributed by atoms with E-state index in [-0.39, 0.29) is 5.12 Å². The fraction of sp³-hybridized carbons (Fsp3) is 0.889. The molecule has 0 aliphatic heterocycles. The lowest BCUT2D eigenvalue weighted by molar-refractivity contribution is -0.109. The third-order valence-corrected chi connectivity index (χ3v) is 2.39. The number of hydrogen-bond donors (Lipinski definition) is 1. The van der Waals surface area contributed by atoms with Crippen LogP contribution in [0.5, 0.6) is 0 Å². The van der Waals surface area contributed by atoms with Crippen molar-refractivity contribution in [2.45, 2.75) is 32.8 Å². The minimum absolute atomic E-state index is 0.0348. The van der Waals surface area contributed by atoms with Crippen LogP contribution in [0.1, 0.15) is 26.7 Å². The van der Waals surface area contributed by atoms with E-state index < -0.39 is 6.10 Å². The van der Waals surface area contributed by atoms with Crippen molar-refractivity contribution in [1.82, 2.24) is 0 Å². The number of carbonyl (C=O) groups excluding carboxylic acids is 1. The zero-order valence-electron chi connectivity index (χ0n) is 8.28. The first-order chi connectivity index (χ1) is 6.16. The minimum atomic E-state index is -0.522. The largest absolute Gasteiger partial charge is 0.390 e. The summed E-state index contributed by atoms with van der Waals surface area (Å²) in [5, 5.41) is 9.33. The number of aliphatic hydroxyl groups is 1. The van der Waals surface area contributed by atoms with Crippen molar-refractivity contribution in [3.63, 3.8) is 0 Å². The first kappa shape index (κ1) is 12.9. The van der Waals surface area contributed by atoms with E-state index in [0.29, 0.717) is 19.0 Å². The quantitative estimate of drug-likeness (QED) is 0.640. The molecule has 0 aromatic rings. The van der Waals surface area contributed by atoms with Crippen molar-refractivity contribution in [1.29, 1.82) is 0 Å². The Kier molecular flexibility index (Phi) is 8.49. The molecule has 0 radical (unpaired) electrons. The van der Waals surface area contributed by atoms with Crippen LogP contribution in [0.2, 0.25) is 0 Å². The van der Waals surface area contributed by atoms with Crippen LogP contribution in [-0.2, 0) is 9.53 Å². The van der Waals surface area contributed by atoms with Crippen LogP contribution in [0.15, 0.2) is 0 Å². The number of thioether (sulfide) groups is 1. The molecule has 3 nitrogen and oxygen atoms in total. The average molecular weight is 206 g/mol.